The number of carboxylic acids is 2. The van der Waals surface area contributed by atoms with Crippen LogP contribution in [0.3, 0.4) is 0 Å². The molecule has 0 spiro atoms. The Morgan fingerprint density at radius 3 is 1.97 bits per heavy atom. The zero-order chi connectivity index (χ0) is 24.8. The lowest BCUT2D eigenvalue weighted by molar-refractivity contribution is -0.143. The second kappa shape index (κ2) is 15.4. The van der Waals surface area contributed by atoms with E-state index in [1.165, 1.54) is 6.92 Å². The van der Waals surface area contributed by atoms with E-state index in [2.05, 4.69) is 28.6 Å². The van der Waals surface area contributed by atoms with Gasteiger partial charge in [0.2, 0.25) is 17.7 Å². The number of unbranched alkanes of at least 4 members (excludes halogenated alkanes) is 1. The summed E-state index contributed by atoms with van der Waals surface area (Å²) >= 11 is 3.88. The van der Waals surface area contributed by atoms with Gasteiger partial charge in [-0.3, -0.25) is 19.2 Å². The van der Waals surface area contributed by atoms with Gasteiger partial charge in [-0.15, -0.1) is 0 Å². The summed E-state index contributed by atoms with van der Waals surface area (Å²) in [5.41, 5.74) is 10.9. The standard InChI is InChI=1S/C18H33N5O8S/c1-9(24)14(23-15(27)10(20)8-32)17(29)21-11(5-6-13(25)26)16(28)22-12(18(30)31)4-2-3-7-19/h9-12,14,24,32H,2-8,19-20H2,1H3,(H,21,29)(H,22,28)(H,23,27)(H,25,26)(H,30,31). The van der Waals surface area contributed by atoms with Gasteiger partial charge in [-0.05, 0) is 39.2 Å². The summed E-state index contributed by atoms with van der Waals surface area (Å²) in [6, 6.07) is -5.23. The van der Waals surface area contributed by atoms with Crippen molar-refractivity contribution in [1.82, 2.24) is 16.0 Å². The Morgan fingerprint density at radius 2 is 1.50 bits per heavy atom. The van der Waals surface area contributed by atoms with E-state index in [1.54, 1.807) is 0 Å². The van der Waals surface area contributed by atoms with Gasteiger partial charge in [-0.25, -0.2) is 4.79 Å². The van der Waals surface area contributed by atoms with E-state index in [0.29, 0.717) is 19.4 Å². The summed E-state index contributed by atoms with van der Waals surface area (Å²) in [6.45, 7) is 1.57. The molecule has 0 fully saturated rings. The first kappa shape index (κ1) is 29.6. The van der Waals surface area contributed by atoms with Crippen LogP contribution in [0.4, 0.5) is 0 Å². The van der Waals surface area contributed by atoms with Crippen molar-refractivity contribution in [1.29, 1.82) is 0 Å². The van der Waals surface area contributed by atoms with Gasteiger partial charge >= 0.3 is 11.9 Å². The van der Waals surface area contributed by atoms with Crippen LogP contribution in [0.25, 0.3) is 0 Å². The molecular weight excluding hydrogens is 446 g/mol. The normalized spacial score (nSPS) is 15.5. The average Bonchev–Trinajstić information content (AvgIpc) is 2.72. The van der Waals surface area contributed by atoms with E-state index < -0.39 is 66.4 Å². The Hall–Kier alpha value is -2.42. The maximum absolute atomic E-state index is 12.6. The molecule has 0 saturated carbocycles. The molecule has 10 N–H and O–H groups in total. The van der Waals surface area contributed by atoms with Crippen LogP contribution in [0.2, 0.25) is 0 Å². The summed E-state index contributed by atoms with van der Waals surface area (Å²) in [4.78, 5) is 59.6. The van der Waals surface area contributed by atoms with Gasteiger partial charge < -0.3 is 42.7 Å². The molecule has 0 heterocycles. The van der Waals surface area contributed by atoms with E-state index in [-0.39, 0.29) is 18.6 Å². The van der Waals surface area contributed by atoms with Crippen LogP contribution in [0.5, 0.6) is 0 Å². The Labute approximate surface area is 191 Å². The molecule has 3 amide bonds. The summed E-state index contributed by atoms with van der Waals surface area (Å²) in [5, 5.41) is 34.9. The molecule has 0 radical (unpaired) electrons. The van der Waals surface area contributed by atoms with Gasteiger partial charge in [0.1, 0.15) is 18.1 Å². The maximum Gasteiger partial charge on any atom is 0.326 e. The molecule has 5 unspecified atom stereocenters. The van der Waals surface area contributed by atoms with E-state index in [9.17, 15) is 34.2 Å². The molecule has 32 heavy (non-hydrogen) atoms. The van der Waals surface area contributed by atoms with E-state index in [4.69, 9.17) is 16.6 Å². The van der Waals surface area contributed by atoms with E-state index in [0.717, 1.165) is 0 Å². The Bertz CT molecular complexity index is 663. The number of nitrogens with one attached hydrogen (secondary N) is 3. The topological polar surface area (TPSA) is 234 Å². The fraction of sp³-hybridized carbons (Fsp3) is 0.722. The van der Waals surface area contributed by atoms with Crippen molar-refractivity contribution in [3.63, 3.8) is 0 Å². The number of carboxylic acid groups (broad SMARTS) is 2. The molecular formula is C18H33N5O8S. The predicted octanol–water partition coefficient (Wildman–Crippen LogP) is -2.84. The van der Waals surface area contributed by atoms with Crippen molar-refractivity contribution in [2.45, 2.75) is 69.3 Å². The van der Waals surface area contributed by atoms with Crippen LogP contribution < -0.4 is 27.4 Å². The van der Waals surface area contributed by atoms with Gasteiger partial charge in [0, 0.05) is 12.2 Å². The van der Waals surface area contributed by atoms with E-state index >= 15 is 0 Å². The first-order valence-electron chi connectivity index (χ1n) is 10.0. The molecule has 0 aliphatic rings. The van der Waals surface area contributed by atoms with Gasteiger partial charge in [0.15, 0.2) is 0 Å². The summed E-state index contributed by atoms with van der Waals surface area (Å²) in [5.74, 6) is -5.21. The Balaban J connectivity index is 5.41. The summed E-state index contributed by atoms with van der Waals surface area (Å²) < 4.78 is 0. The lowest BCUT2D eigenvalue weighted by Gasteiger charge is -2.26. The van der Waals surface area contributed by atoms with Gasteiger partial charge in [0.25, 0.3) is 0 Å². The number of hydrogen-bond acceptors (Lipinski definition) is 9. The van der Waals surface area contributed by atoms with Crippen molar-refractivity contribution < 1.29 is 39.3 Å². The molecule has 0 aromatic heterocycles. The van der Waals surface area contributed by atoms with Crippen molar-refractivity contribution in [2.24, 2.45) is 11.5 Å². The summed E-state index contributed by atoms with van der Waals surface area (Å²) in [6.07, 6.45) is -1.16. The maximum atomic E-state index is 12.6. The number of aliphatic carboxylic acids is 2. The molecule has 0 saturated heterocycles. The highest BCUT2D eigenvalue weighted by Crippen LogP contribution is 2.05. The van der Waals surface area contributed by atoms with Crippen LogP contribution >= 0.6 is 12.6 Å². The van der Waals surface area contributed by atoms with Crippen LogP contribution in [-0.2, 0) is 24.0 Å². The highest BCUT2D eigenvalue weighted by molar-refractivity contribution is 7.80. The second-order valence-corrected chi connectivity index (χ2v) is 7.56. The number of carbonyl (C=O) groups is 5. The first-order valence-corrected chi connectivity index (χ1v) is 10.7. The van der Waals surface area contributed by atoms with Crippen molar-refractivity contribution in [3.8, 4) is 0 Å². The number of aliphatic hydroxyl groups is 1. The number of amides is 3. The molecule has 0 rings (SSSR count). The lowest BCUT2D eigenvalue weighted by Crippen LogP contribution is -2.60. The molecule has 0 aliphatic carbocycles. The van der Waals surface area contributed by atoms with Crippen LogP contribution in [0.1, 0.15) is 39.0 Å². The zero-order valence-electron chi connectivity index (χ0n) is 17.8. The Kier molecular flexibility index (Phi) is 14.2. The SMILES string of the molecule is CC(O)C(NC(=O)C(N)CS)C(=O)NC(CCC(=O)O)C(=O)NC(CCCCN)C(=O)O. The molecule has 0 bridgehead atoms. The number of hydrogen-bond donors (Lipinski definition) is 9. The highest BCUT2D eigenvalue weighted by atomic mass is 32.1. The number of nitrogens with two attached hydrogens (primary N) is 2. The molecule has 0 aromatic carbocycles. The predicted molar refractivity (Wildman–Crippen MR) is 117 cm³/mol. The van der Waals surface area contributed by atoms with Crippen LogP contribution in [-0.4, -0.2) is 87.5 Å². The third-order valence-corrected chi connectivity index (χ3v) is 4.83. The zero-order valence-corrected chi connectivity index (χ0v) is 18.7. The fourth-order valence-corrected chi connectivity index (χ4v) is 2.73. The quantitative estimate of drug-likeness (QED) is 0.0812. The number of rotatable bonds is 16. The number of aliphatic hydroxyl groups excluding tert-OH is 1. The first-order chi connectivity index (χ1) is 14.9. The summed E-state index contributed by atoms with van der Waals surface area (Å²) in [7, 11) is 0. The molecule has 13 nitrogen and oxygen atoms in total. The van der Waals surface area contributed by atoms with Crippen molar-refractivity contribution in [3.05, 3.63) is 0 Å². The largest absolute Gasteiger partial charge is 0.481 e. The number of thiol groups is 1. The lowest BCUT2D eigenvalue weighted by atomic mass is 10.1. The van der Waals surface area contributed by atoms with Crippen molar-refractivity contribution in [2.75, 3.05) is 12.3 Å². The van der Waals surface area contributed by atoms with E-state index in [1.807, 2.05) is 0 Å². The van der Waals surface area contributed by atoms with Gasteiger partial charge in [0.05, 0.1) is 12.1 Å². The second-order valence-electron chi connectivity index (χ2n) is 7.19. The minimum atomic E-state index is -1.49. The third-order valence-electron chi connectivity index (χ3n) is 4.44. The van der Waals surface area contributed by atoms with Crippen molar-refractivity contribution >= 4 is 42.3 Å². The van der Waals surface area contributed by atoms with Crippen LogP contribution in [0, 0.1) is 0 Å². The fourth-order valence-electron chi connectivity index (χ4n) is 2.57. The Morgan fingerprint density at radius 1 is 0.906 bits per heavy atom. The smallest absolute Gasteiger partial charge is 0.326 e. The molecule has 14 heteroatoms. The molecule has 184 valence electrons. The molecule has 5 atom stereocenters. The molecule has 0 aliphatic heterocycles. The van der Waals surface area contributed by atoms with Gasteiger partial charge in [-0.1, -0.05) is 0 Å². The average molecular weight is 480 g/mol. The minimum Gasteiger partial charge on any atom is -0.481 e. The monoisotopic (exact) mass is 479 g/mol. The molecule has 0 aromatic rings. The minimum absolute atomic E-state index is 0.0235. The number of carbonyl (C=O) groups excluding carboxylic acids is 3. The van der Waals surface area contributed by atoms with Gasteiger partial charge in [-0.2, -0.15) is 12.6 Å². The third kappa shape index (κ3) is 11.3. The highest BCUT2D eigenvalue weighted by Gasteiger charge is 2.32. The van der Waals surface area contributed by atoms with Crippen LogP contribution in [0.15, 0.2) is 0 Å².